The van der Waals surface area contributed by atoms with Crippen LogP contribution in [-0.4, -0.2) is 41.0 Å². The summed E-state index contributed by atoms with van der Waals surface area (Å²) in [7, 11) is 0. The van der Waals surface area contributed by atoms with E-state index in [9.17, 15) is 9.59 Å². The van der Waals surface area contributed by atoms with Gasteiger partial charge < -0.3 is 15.3 Å². The molecule has 5 nitrogen and oxygen atoms in total. The van der Waals surface area contributed by atoms with Crippen LogP contribution in [0, 0.1) is 5.92 Å². The Morgan fingerprint density at radius 1 is 1.40 bits per heavy atom. The summed E-state index contributed by atoms with van der Waals surface area (Å²) in [5, 5.41) is 12.2. The number of carboxylic acid groups (broad SMARTS) is 1. The largest absolute Gasteiger partial charge is 0.480 e. The Hall–Kier alpha value is -2.04. The molecule has 5 heteroatoms. The van der Waals surface area contributed by atoms with E-state index >= 15 is 0 Å². The fraction of sp³-hybridized carbons (Fsp3) is 0.467. The molecule has 2 N–H and O–H groups in total. The average molecular weight is 276 g/mol. The third-order valence-corrected chi connectivity index (χ3v) is 3.58. The first-order chi connectivity index (χ1) is 9.49. The SMILES string of the molecule is CC(C)N(CC(=O)O)C(=O)C1CNc2ccccc2C1. The van der Waals surface area contributed by atoms with Gasteiger partial charge in [-0.2, -0.15) is 0 Å². The zero-order valence-corrected chi connectivity index (χ0v) is 11.8. The molecule has 1 aliphatic rings. The van der Waals surface area contributed by atoms with Gasteiger partial charge in [0.15, 0.2) is 0 Å². The van der Waals surface area contributed by atoms with Crippen LogP contribution in [0.1, 0.15) is 19.4 Å². The van der Waals surface area contributed by atoms with Crippen molar-refractivity contribution < 1.29 is 14.7 Å². The summed E-state index contributed by atoms with van der Waals surface area (Å²) in [6.45, 7) is 3.99. The number of nitrogens with one attached hydrogen (secondary N) is 1. The van der Waals surface area contributed by atoms with Gasteiger partial charge in [0.2, 0.25) is 5.91 Å². The normalized spacial score (nSPS) is 17.2. The van der Waals surface area contributed by atoms with Crippen molar-refractivity contribution in [2.24, 2.45) is 5.92 Å². The van der Waals surface area contributed by atoms with E-state index in [0.717, 1.165) is 11.3 Å². The standard InChI is InChI=1S/C15H20N2O3/c1-10(2)17(9-14(18)19)15(20)12-7-11-5-3-4-6-13(11)16-8-12/h3-6,10,12,16H,7-9H2,1-2H3,(H,18,19). The van der Waals surface area contributed by atoms with Gasteiger partial charge >= 0.3 is 5.97 Å². The molecule has 0 fully saturated rings. The summed E-state index contributed by atoms with van der Waals surface area (Å²) >= 11 is 0. The zero-order chi connectivity index (χ0) is 14.7. The molecule has 1 aromatic carbocycles. The summed E-state index contributed by atoms with van der Waals surface area (Å²) in [5.41, 5.74) is 2.17. The van der Waals surface area contributed by atoms with Crippen molar-refractivity contribution in [2.45, 2.75) is 26.3 Å². The molecule has 1 amide bonds. The topological polar surface area (TPSA) is 69.6 Å². The van der Waals surface area contributed by atoms with E-state index in [1.807, 2.05) is 38.1 Å². The van der Waals surface area contributed by atoms with E-state index in [1.165, 1.54) is 4.90 Å². The minimum atomic E-state index is -0.976. The maximum atomic E-state index is 12.5. The zero-order valence-electron chi connectivity index (χ0n) is 11.8. The van der Waals surface area contributed by atoms with Crippen molar-refractivity contribution >= 4 is 17.6 Å². The summed E-state index contributed by atoms with van der Waals surface area (Å²) in [4.78, 5) is 24.8. The second-order valence-electron chi connectivity index (χ2n) is 5.39. The molecule has 0 saturated heterocycles. The van der Waals surface area contributed by atoms with Crippen molar-refractivity contribution in [3.05, 3.63) is 29.8 Å². The molecule has 20 heavy (non-hydrogen) atoms. The van der Waals surface area contributed by atoms with Crippen LogP contribution >= 0.6 is 0 Å². The van der Waals surface area contributed by atoms with E-state index in [0.29, 0.717) is 13.0 Å². The Balaban J connectivity index is 2.11. The predicted octanol–water partition coefficient (Wildman–Crippen LogP) is 1.59. The highest BCUT2D eigenvalue weighted by Gasteiger charge is 2.30. The number of hydrogen-bond donors (Lipinski definition) is 2. The first-order valence-corrected chi connectivity index (χ1v) is 6.83. The van der Waals surface area contributed by atoms with Gasteiger partial charge in [-0.15, -0.1) is 0 Å². The van der Waals surface area contributed by atoms with E-state index in [2.05, 4.69) is 5.32 Å². The molecule has 1 heterocycles. The second kappa shape index (κ2) is 5.94. The number of nitrogens with zero attached hydrogens (tertiary/aromatic N) is 1. The highest BCUT2D eigenvalue weighted by Crippen LogP contribution is 2.25. The molecule has 0 spiro atoms. The molecule has 1 unspecified atom stereocenters. The van der Waals surface area contributed by atoms with Crippen molar-refractivity contribution in [3.63, 3.8) is 0 Å². The number of carboxylic acids is 1. The maximum Gasteiger partial charge on any atom is 0.323 e. The third-order valence-electron chi connectivity index (χ3n) is 3.58. The minimum absolute atomic E-state index is 0.0931. The first-order valence-electron chi connectivity index (χ1n) is 6.83. The number of anilines is 1. The minimum Gasteiger partial charge on any atom is -0.480 e. The Bertz CT molecular complexity index is 514. The number of hydrogen-bond acceptors (Lipinski definition) is 3. The lowest BCUT2D eigenvalue weighted by Crippen LogP contribution is -2.46. The Morgan fingerprint density at radius 3 is 2.75 bits per heavy atom. The second-order valence-corrected chi connectivity index (χ2v) is 5.39. The molecule has 0 radical (unpaired) electrons. The van der Waals surface area contributed by atoms with Crippen LogP contribution < -0.4 is 5.32 Å². The molecule has 0 bridgehead atoms. The molecule has 1 atom stereocenters. The van der Waals surface area contributed by atoms with E-state index < -0.39 is 5.97 Å². The van der Waals surface area contributed by atoms with Crippen molar-refractivity contribution in [1.82, 2.24) is 4.90 Å². The number of fused-ring (bicyclic) bond motifs is 1. The summed E-state index contributed by atoms with van der Waals surface area (Å²) < 4.78 is 0. The lowest BCUT2D eigenvalue weighted by Gasteiger charge is -2.32. The van der Waals surface area contributed by atoms with E-state index in [4.69, 9.17) is 5.11 Å². The quantitative estimate of drug-likeness (QED) is 0.876. The van der Waals surface area contributed by atoms with Gasteiger partial charge in [-0.05, 0) is 31.9 Å². The van der Waals surface area contributed by atoms with Crippen LogP contribution in [0.15, 0.2) is 24.3 Å². The number of carbonyl (C=O) groups is 2. The van der Waals surface area contributed by atoms with Gasteiger partial charge in [-0.1, -0.05) is 18.2 Å². The van der Waals surface area contributed by atoms with Crippen molar-refractivity contribution in [2.75, 3.05) is 18.4 Å². The number of amides is 1. The molecule has 108 valence electrons. The molecule has 2 rings (SSSR count). The van der Waals surface area contributed by atoms with Crippen LogP contribution in [0.5, 0.6) is 0 Å². The molecule has 1 aliphatic heterocycles. The molecule has 0 aliphatic carbocycles. The number of rotatable bonds is 4. The monoisotopic (exact) mass is 276 g/mol. The van der Waals surface area contributed by atoms with Crippen LogP contribution in [0.3, 0.4) is 0 Å². The van der Waals surface area contributed by atoms with Gasteiger partial charge in [0.05, 0.1) is 5.92 Å². The molecular weight excluding hydrogens is 256 g/mol. The van der Waals surface area contributed by atoms with Crippen LogP contribution in [-0.2, 0) is 16.0 Å². The Labute approximate surface area is 118 Å². The Morgan fingerprint density at radius 2 is 2.10 bits per heavy atom. The first kappa shape index (κ1) is 14.4. The average Bonchev–Trinajstić information content (AvgIpc) is 2.43. The fourth-order valence-electron chi connectivity index (χ4n) is 2.51. The third kappa shape index (κ3) is 3.10. The van der Waals surface area contributed by atoms with Gasteiger partial charge in [-0.25, -0.2) is 0 Å². The van der Waals surface area contributed by atoms with Crippen molar-refractivity contribution in [1.29, 1.82) is 0 Å². The highest BCUT2D eigenvalue weighted by molar-refractivity contribution is 5.84. The van der Waals surface area contributed by atoms with Crippen LogP contribution in [0.25, 0.3) is 0 Å². The smallest absolute Gasteiger partial charge is 0.323 e. The van der Waals surface area contributed by atoms with Gasteiger partial charge in [0.25, 0.3) is 0 Å². The fourth-order valence-corrected chi connectivity index (χ4v) is 2.51. The van der Waals surface area contributed by atoms with Gasteiger partial charge in [0.1, 0.15) is 6.54 Å². The molecule has 0 aromatic heterocycles. The number of para-hydroxylation sites is 1. The highest BCUT2D eigenvalue weighted by atomic mass is 16.4. The van der Waals surface area contributed by atoms with Crippen LogP contribution in [0.2, 0.25) is 0 Å². The van der Waals surface area contributed by atoms with Crippen LogP contribution in [0.4, 0.5) is 5.69 Å². The van der Waals surface area contributed by atoms with Gasteiger partial charge in [-0.3, -0.25) is 9.59 Å². The summed E-state index contributed by atoms with van der Waals surface area (Å²) in [5.74, 6) is -1.27. The lowest BCUT2D eigenvalue weighted by atomic mass is 9.92. The predicted molar refractivity (Wildman–Crippen MR) is 76.6 cm³/mol. The molecule has 1 aromatic rings. The molecule has 0 saturated carbocycles. The van der Waals surface area contributed by atoms with Gasteiger partial charge in [0, 0.05) is 18.3 Å². The number of carbonyl (C=O) groups excluding carboxylic acids is 1. The van der Waals surface area contributed by atoms with E-state index in [-0.39, 0.29) is 24.4 Å². The van der Waals surface area contributed by atoms with Crippen molar-refractivity contribution in [3.8, 4) is 0 Å². The maximum absolute atomic E-state index is 12.5. The summed E-state index contributed by atoms with van der Waals surface area (Å²) in [6, 6.07) is 7.78. The molecular formula is C15H20N2O3. The lowest BCUT2D eigenvalue weighted by molar-refractivity contribution is -0.147. The van der Waals surface area contributed by atoms with E-state index in [1.54, 1.807) is 0 Å². The Kier molecular flexibility index (Phi) is 4.27. The number of benzene rings is 1. The summed E-state index contributed by atoms with van der Waals surface area (Å²) in [6.07, 6.45) is 0.658. The number of aliphatic carboxylic acids is 1.